The quantitative estimate of drug-likeness (QED) is 0.193. The van der Waals surface area contributed by atoms with Gasteiger partial charge in [-0.2, -0.15) is 0 Å². The Balaban J connectivity index is 0.964. The summed E-state index contributed by atoms with van der Waals surface area (Å²) in [7, 11) is 0. The van der Waals surface area contributed by atoms with Crippen molar-refractivity contribution in [2.45, 2.75) is 171 Å². The van der Waals surface area contributed by atoms with E-state index in [-0.39, 0.29) is 41.7 Å². The third-order valence-electron chi connectivity index (χ3n) is 15.4. The smallest absolute Gasteiger partial charge is 0.187 e. The summed E-state index contributed by atoms with van der Waals surface area (Å²) in [6.07, 6.45) is -2.76. The number of allylic oxidation sites excluding steroid dienone is 1. The highest BCUT2D eigenvalue weighted by Crippen LogP contribution is 2.71. The number of fused-ring (bicyclic) bond motifs is 7. The molecule has 290 valence electrons. The number of rotatable bonds is 6. The van der Waals surface area contributed by atoms with Gasteiger partial charge in [0.15, 0.2) is 18.4 Å². The van der Waals surface area contributed by atoms with Gasteiger partial charge in [0.05, 0.1) is 37.6 Å². The molecule has 8 aliphatic rings. The molecule has 21 atom stereocenters. The van der Waals surface area contributed by atoms with Gasteiger partial charge in [-0.05, 0) is 92.8 Å². The molecule has 0 aromatic carbocycles. The molecule has 7 fully saturated rings. The lowest BCUT2D eigenvalue weighted by Gasteiger charge is -2.58. The van der Waals surface area contributed by atoms with Crippen molar-refractivity contribution in [1.82, 2.24) is 0 Å². The summed E-state index contributed by atoms with van der Waals surface area (Å²) in [6.45, 7) is 8.28. The van der Waals surface area contributed by atoms with E-state index >= 15 is 0 Å². The fourth-order valence-corrected chi connectivity index (χ4v) is 12.5. The first-order valence-electron chi connectivity index (χ1n) is 19.5. The summed E-state index contributed by atoms with van der Waals surface area (Å²) in [5.74, 6) is 1.87. The van der Waals surface area contributed by atoms with Crippen LogP contribution >= 0.6 is 0 Å². The topological polar surface area (TPSA) is 197 Å². The van der Waals surface area contributed by atoms with E-state index in [1.54, 1.807) is 0 Å². The van der Waals surface area contributed by atoms with Crippen molar-refractivity contribution >= 4 is 0 Å². The Morgan fingerprint density at radius 3 is 2.29 bits per heavy atom. The number of aliphatic hydroxyl groups is 7. The predicted molar refractivity (Wildman–Crippen MR) is 178 cm³/mol. The van der Waals surface area contributed by atoms with Crippen LogP contribution < -0.4 is 0 Å². The molecule has 0 radical (unpaired) electrons. The minimum atomic E-state index is -1.62. The van der Waals surface area contributed by atoms with Crippen LogP contribution in [0.1, 0.15) is 85.5 Å². The molecule has 7 N–H and O–H groups in total. The van der Waals surface area contributed by atoms with Crippen LogP contribution in [0.4, 0.5) is 0 Å². The maximum Gasteiger partial charge on any atom is 0.187 e. The van der Waals surface area contributed by atoms with Gasteiger partial charge in [-0.25, -0.2) is 0 Å². The van der Waals surface area contributed by atoms with E-state index in [9.17, 15) is 35.7 Å². The van der Waals surface area contributed by atoms with Crippen LogP contribution in [0.15, 0.2) is 11.6 Å². The monoisotopic (exact) mass is 724 g/mol. The van der Waals surface area contributed by atoms with Crippen LogP contribution in [-0.4, -0.2) is 134 Å². The third-order valence-corrected chi connectivity index (χ3v) is 15.4. The maximum absolute atomic E-state index is 11.1. The lowest BCUT2D eigenvalue weighted by atomic mass is 9.47. The highest BCUT2D eigenvalue weighted by atomic mass is 16.8. The van der Waals surface area contributed by atoms with Gasteiger partial charge >= 0.3 is 0 Å². The number of hydrogen-bond acceptors (Lipinski definition) is 13. The van der Waals surface area contributed by atoms with Gasteiger partial charge < -0.3 is 64.2 Å². The molecule has 13 nitrogen and oxygen atoms in total. The molecular formula is C38H60O13. The summed E-state index contributed by atoms with van der Waals surface area (Å²) in [5.41, 5.74) is 1.59. The van der Waals surface area contributed by atoms with Crippen molar-refractivity contribution in [3.05, 3.63) is 11.6 Å². The van der Waals surface area contributed by atoms with Crippen molar-refractivity contribution in [3.8, 4) is 0 Å². The molecule has 1 spiro atoms. The van der Waals surface area contributed by atoms with Crippen molar-refractivity contribution in [1.29, 1.82) is 0 Å². The molecule has 0 bridgehead atoms. The summed E-state index contributed by atoms with van der Waals surface area (Å²) >= 11 is 0. The molecule has 0 aromatic heterocycles. The van der Waals surface area contributed by atoms with Gasteiger partial charge in [0, 0.05) is 12.3 Å². The lowest BCUT2D eigenvalue weighted by molar-refractivity contribution is -0.369. The van der Waals surface area contributed by atoms with Crippen LogP contribution in [0.3, 0.4) is 0 Å². The van der Waals surface area contributed by atoms with E-state index in [4.69, 9.17) is 28.4 Å². The van der Waals surface area contributed by atoms with Crippen LogP contribution in [0.2, 0.25) is 0 Å². The van der Waals surface area contributed by atoms with Crippen molar-refractivity contribution < 1.29 is 64.2 Å². The maximum atomic E-state index is 11.1. The first-order chi connectivity index (χ1) is 24.2. The molecule has 4 saturated heterocycles. The van der Waals surface area contributed by atoms with Gasteiger partial charge in [-0.15, -0.1) is 0 Å². The standard InChI is InChI=1S/C38H60O13/c1-17-27-25(51-38(17)12-8-21(15-39)50-38)14-24-22-6-5-19-13-20(7-10-36(19,3)23(22)9-11-37(24,27)4)47-35-33(31(44)29(42)26(16-40)48-35)49-34-32(45)30(43)28(41)18(2)46-34/h5,17-18,20-35,39-45H,6-16H2,1-4H3/t17-,18-,20-,21-,22+,23-,24+,25-,26+,27-,28-,29+,30+,31-,32+,33+,34-,35+,36-,37-,38+/m0/s1. The SMILES string of the molecule is C[C@@H]1O[C@@H](O[C@H]2[C@H](O[C@H]3CC[C@@]4(C)C(=CC[C@H]5[C@H]6C[C@@H]7O[C@]8(CC[C@@H](CO)O8)[C@@H](C)[C@@H]7[C@@]6(C)CC[C@@H]54)C3)O[C@H](CO)[C@@H](O)[C@@H]2O)[C@H](O)[C@H](O)[C@H]1O. The molecular weight excluding hydrogens is 664 g/mol. The van der Waals surface area contributed by atoms with Gasteiger partial charge in [0.2, 0.25) is 0 Å². The van der Waals surface area contributed by atoms with Gasteiger partial charge in [0.1, 0.15) is 42.7 Å². The normalized spacial score (nSPS) is 58.1. The second-order valence-electron chi connectivity index (χ2n) is 17.8. The molecule has 8 rings (SSSR count). The zero-order valence-corrected chi connectivity index (χ0v) is 30.3. The first kappa shape index (κ1) is 37.2. The van der Waals surface area contributed by atoms with Crippen LogP contribution in [0, 0.1) is 40.4 Å². The Hall–Kier alpha value is -0.780. The average Bonchev–Trinajstić information content (AvgIpc) is 3.76. The van der Waals surface area contributed by atoms with Gasteiger partial charge in [0.25, 0.3) is 0 Å². The fourth-order valence-electron chi connectivity index (χ4n) is 12.5. The molecule has 0 unspecified atom stereocenters. The number of hydrogen-bond donors (Lipinski definition) is 7. The third kappa shape index (κ3) is 5.74. The zero-order valence-electron chi connectivity index (χ0n) is 30.3. The Morgan fingerprint density at radius 2 is 1.57 bits per heavy atom. The average molecular weight is 725 g/mol. The Bertz CT molecular complexity index is 1320. The molecule has 0 amide bonds. The highest BCUT2D eigenvalue weighted by Gasteiger charge is 2.69. The molecule has 3 saturated carbocycles. The lowest BCUT2D eigenvalue weighted by Crippen LogP contribution is -2.64. The zero-order chi connectivity index (χ0) is 36.2. The van der Waals surface area contributed by atoms with E-state index < -0.39 is 73.8 Å². The van der Waals surface area contributed by atoms with Crippen LogP contribution in [0.5, 0.6) is 0 Å². The molecule has 4 aliphatic carbocycles. The minimum absolute atomic E-state index is 0.0260. The predicted octanol–water partition coefficient (Wildman–Crippen LogP) is 1.11. The van der Waals surface area contributed by atoms with E-state index in [1.165, 1.54) is 12.5 Å². The van der Waals surface area contributed by atoms with Gasteiger partial charge in [-0.1, -0.05) is 32.4 Å². The molecule has 4 heterocycles. The first-order valence-corrected chi connectivity index (χ1v) is 19.5. The van der Waals surface area contributed by atoms with Crippen molar-refractivity contribution in [2.75, 3.05) is 13.2 Å². The molecule has 13 heteroatoms. The molecule has 51 heavy (non-hydrogen) atoms. The Kier molecular flexibility index (Phi) is 9.80. The van der Waals surface area contributed by atoms with E-state index in [0.29, 0.717) is 30.1 Å². The summed E-state index contributed by atoms with van der Waals surface area (Å²) in [4.78, 5) is 0. The van der Waals surface area contributed by atoms with E-state index in [2.05, 4.69) is 26.8 Å². The van der Waals surface area contributed by atoms with Crippen LogP contribution in [0.25, 0.3) is 0 Å². The largest absolute Gasteiger partial charge is 0.394 e. The second kappa shape index (κ2) is 13.5. The second-order valence-corrected chi connectivity index (χ2v) is 17.8. The number of ether oxygens (including phenoxy) is 6. The van der Waals surface area contributed by atoms with E-state index in [1.807, 2.05) is 0 Å². The van der Waals surface area contributed by atoms with E-state index in [0.717, 1.165) is 51.4 Å². The summed E-state index contributed by atoms with van der Waals surface area (Å²) in [6, 6.07) is 0. The Morgan fingerprint density at radius 1 is 0.784 bits per heavy atom. The van der Waals surface area contributed by atoms with Crippen molar-refractivity contribution in [3.63, 3.8) is 0 Å². The summed E-state index contributed by atoms with van der Waals surface area (Å²) in [5, 5.41) is 72.6. The Labute approximate surface area is 300 Å². The van der Waals surface area contributed by atoms with Gasteiger partial charge in [-0.3, -0.25) is 0 Å². The fraction of sp³-hybridized carbons (Fsp3) is 0.947. The number of aliphatic hydroxyl groups excluding tert-OH is 7. The minimum Gasteiger partial charge on any atom is -0.394 e. The molecule has 0 aromatic rings. The van der Waals surface area contributed by atoms with Crippen LogP contribution in [-0.2, 0) is 28.4 Å². The summed E-state index contributed by atoms with van der Waals surface area (Å²) < 4.78 is 37.3. The highest BCUT2D eigenvalue weighted by molar-refractivity contribution is 5.26. The molecule has 4 aliphatic heterocycles. The van der Waals surface area contributed by atoms with Crippen molar-refractivity contribution in [2.24, 2.45) is 40.4 Å².